The molecule has 31 heavy (non-hydrogen) atoms. The molecule has 0 radical (unpaired) electrons. The van der Waals surface area contributed by atoms with E-state index in [-0.39, 0.29) is 29.0 Å². The summed E-state index contributed by atoms with van der Waals surface area (Å²) in [6, 6.07) is 6.65. The fourth-order valence-corrected chi connectivity index (χ4v) is 3.94. The van der Waals surface area contributed by atoms with Crippen LogP contribution in [0.25, 0.3) is 11.5 Å². The van der Waals surface area contributed by atoms with Gasteiger partial charge < -0.3 is 16.2 Å². The Morgan fingerprint density at radius 2 is 1.87 bits per heavy atom. The lowest BCUT2D eigenvalue weighted by molar-refractivity contribution is 0.180. The summed E-state index contributed by atoms with van der Waals surface area (Å²) in [6.07, 6.45) is 3.06. The second kappa shape index (κ2) is 8.21. The summed E-state index contributed by atoms with van der Waals surface area (Å²) >= 11 is 0. The normalized spacial score (nSPS) is 13.0. The number of fused-ring (bicyclic) bond motifs is 1. The first-order chi connectivity index (χ1) is 14.9. The number of nitrogen functional groups attached to an aromatic ring is 2. The molecule has 0 aliphatic heterocycles. The Labute approximate surface area is 178 Å². The molecule has 0 spiro atoms. The highest BCUT2D eigenvalue weighted by Crippen LogP contribution is 2.34. The number of methoxy groups -OCH3 is 1. The summed E-state index contributed by atoms with van der Waals surface area (Å²) < 4.78 is 20.7. The molecule has 3 aromatic rings. The van der Waals surface area contributed by atoms with Gasteiger partial charge in [0, 0.05) is 23.9 Å². The highest BCUT2D eigenvalue weighted by molar-refractivity contribution is 5.94. The highest BCUT2D eigenvalue weighted by Gasteiger charge is 2.26. The molecule has 0 atom stereocenters. The first-order valence-electron chi connectivity index (χ1n) is 9.97. The minimum atomic E-state index is -0.638. The molecule has 0 fully saturated rings. The van der Waals surface area contributed by atoms with Gasteiger partial charge in [0.15, 0.2) is 17.5 Å². The summed E-state index contributed by atoms with van der Waals surface area (Å²) in [5.41, 5.74) is 15.6. The second-order valence-corrected chi connectivity index (χ2v) is 7.43. The quantitative estimate of drug-likeness (QED) is 0.658. The van der Waals surface area contributed by atoms with E-state index in [2.05, 4.69) is 9.97 Å². The number of rotatable bonds is 4. The van der Waals surface area contributed by atoms with E-state index in [1.807, 2.05) is 4.68 Å². The van der Waals surface area contributed by atoms with E-state index in [0.29, 0.717) is 17.8 Å². The van der Waals surface area contributed by atoms with Crippen molar-refractivity contribution in [1.29, 1.82) is 0 Å². The van der Waals surface area contributed by atoms with Gasteiger partial charge in [0.25, 0.3) is 0 Å². The lowest BCUT2D eigenvalue weighted by atomic mass is 9.95. The van der Waals surface area contributed by atoms with Gasteiger partial charge in [0.05, 0.1) is 13.7 Å². The van der Waals surface area contributed by atoms with E-state index >= 15 is 0 Å². The number of anilines is 3. The van der Waals surface area contributed by atoms with Gasteiger partial charge in [-0.3, -0.25) is 9.58 Å². The van der Waals surface area contributed by atoms with E-state index in [9.17, 15) is 9.18 Å². The van der Waals surface area contributed by atoms with Gasteiger partial charge in [-0.15, -0.1) is 0 Å². The molecule has 10 heteroatoms. The van der Waals surface area contributed by atoms with Crippen LogP contribution in [0.1, 0.15) is 29.7 Å². The smallest absolute Gasteiger partial charge is 0.413 e. The molecule has 9 nitrogen and oxygen atoms in total. The Bertz CT molecular complexity index is 1120. The highest BCUT2D eigenvalue weighted by atomic mass is 19.1. The maximum atomic E-state index is 14.2. The van der Waals surface area contributed by atoms with Gasteiger partial charge in [-0.25, -0.2) is 19.2 Å². The molecule has 4 rings (SSSR count). The van der Waals surface area contributed by atoms with E-state index in [0.717, 1.165) is 41.8 Å². The summed E-state index contributed by atoms with van der Waals surface area (Å²) in [6.45, 7) is 0.309. The van der Waals surface area contributed by atoms with Crippen molar-refractivity contribution in [2.24, 2.45) is 0 Å². The predicted molar refractivity (Wildman–Crippen MR) is 115 cm³/mol. The fourth-order valence-electron chi connectivity index (χ4n) is 3.94. The van der Waals surface area contributed by atoms with Crippen LogP contribution in [0.15, 0.2) is 24.3 Å². The van der Waals surface area contributed by atoms with Crippen molar-refractivity contribution in [1.82, 2.24) is 19.7 Å². The van der Waals surface area contributed by atoms with E-state index in [1.165, 1.54) is 20.2 Å². The third-order valence-electron chi connectivity index (χ3n) is 5.47. The van der Waals surface area contributed by atoms with Crippen molar-refractivity contribution in [2.45, 2.75) is 32.2 Å². The Kier molecular flexibility index (Phi) is 5.45. The third-order valence-corrected chi connectivity index (χ3v) is 5.47. The molecule has 0 bridgehead atoms. The van der Waals surface area contributed by atoms with Crippen molar-refractivity contribution >= 4 is 23.4 Å². The number of amides is 1. The largest absolute Gasteiger partial charge is 0.452 e. The van der Waals surface area contributed by atoms with Gasteiger partial charge in [0.2, 0.25) is 0 Å². The minimum Gasteiger partial charge on any atom is -0.452 e. The number of carbonyl (C=O) groups excluding carboxylic acids is 1. The van der Waals surface area contributed by atoms with E-state index < -0.39 is 6.09 Å². The Hall–Kier alpha value is -3.69. The molecule has 0 saturated heterocycles. The standard InChI is InChI=1S/C21H24FN7O2/c1-28(21(30)31-2)17-18(23)25-20(26-19(17)24)16-13-8-4-6-10-15(13)29(27-16)11-12-7-3-5-9-14(12)22/h3,5,7,9H,4,6,8,10-11H2,1-2H3,(H4,23,24,25,26). The summed E-state index contributed by atoms with van der Waals surface area (Å²) in [5.74, 6) is 0.0960. The zero-order valence-electron chi connectivity index (χ0n) is 17.4. The number of benzene rings is 1. The second-order valence-electron chi connectivity index (χ2n) is 7.43. The average molecular weight is 425 g/mol. The molecule has 0 saturated carbocycles. The van der Waals surface area contributed by atoms with E-state index in [1.54, 1.807) is 18.2 Å². The van der Waals surface area contributed by atoms with Crippen LogP contribution < -0.4 is 16.4 Å². The number of aromatic nitrogens is 4. The van der Waals surface area contributed by atoms with Crippen LogP contribution in [0.4, 0.5) is 26.5 Å². The number of carbonyl (C=O) groups is 1. The average Bonchev–Trinajstić information content (AvgIpc) is 3.12. The molecule has 2 aromatic heterocycles. The van der Waals surface area contributed by atoms with Crippen LogP contribution in [0.5, 0.6) is 0 Å². The van der Waals surface area contributed by atoms with Crippen molar-refractivity contribution in [3.05, 3.63) is 46.9 Å². The van der Waals surface area contributed by atoms with Gasteiger partial charge in [-0.2, -0.15) is 5.10 Å². The van der Waals surface area contributed by atoms with Crippen molar-refractivity contribution < 1.29 is 13.9 Å². The summed E-state index contributed by atoms with van der Waals surface area (Å²) in [5, 5.41) is 4.72. The van der Waals surface area contributed by atoms with Crippen LogP contribution >= 0.6 is 0 Å². The van der Waals surface area contributed by atoms with Gasteiger partial charge in [-0.1, -0.05) is 18.2 Å². The fraction of sp³-hybridized carbons (Fsp3) is 0.333. The lowest BCUT2D eigenvalue weighted by Crippen LogP contribution is -2.28. The number of nitrogens with zero attached hydrogens (tertiary/aromatic N) is 5. The topological polar surface area (TPSA) is 125 Å². The molecule has 1 amide bonds. The number of ether oxygens (including phenoxy) is 1. The molecule has 1 aliphatic rings. The molecular formula is C21H24FN7O2. The monoisotopic (exact) mass is 425 g/mol. The summed E-state index contributed by atoms with van der Waals surface area (Å²) in [7, 11) is 2.73. The maximum absolute atomic E-state index is 14.2. The molecule has 4 N–H and O–H groups in total. The molecular weight excluding hydrogens is 401 g/mol. The zero-order valence-corrected chi connectivity index (χ0v) is 17.4. The van der Waals surface area contributed by atoms with Crippen molar-refractivity contribution in [2.75, 3.05) is 30.5 Å². The number of hydrogen-bond donors (Lipinski definition) is 2. The predicted octanol–water partition coefficient (Wildman–Crippen LogP) is 2.77. The molecule has 1 aliphatic carbocycles. The van der Waals surface area contributed by atoms with E-state index in [4.69, 9.17) is 21.3 Å². The number of hydrogen-bond acceptors (Lipinski definition) is 7. The van der Waals surface area contributed by atoms with Crippen LogP contribution in [-0.4, -0.2) is 40.0 Å². The van der Waals surface area contributed by atoms with Crippen LogP contribution in [0, 0.1) is 5.82 Å². The maximum Gasteiger partial charge on any atom is 0.413 e. The minimum absolute atomic E-state index is 0.0450. The van der Waals surface area contributed by atoms with Gasteiger partial charge in [-0.05, 0) is 31.7 Å². The number of halogens is 1. The van der Waals surface area contributed by atoms with Gasteiger partial charge >= 0.3 is 6.09 Å². The molecule has 0 unspecified atom stereocenters. The van der Waals surface area contributed by atoms with Crippen LogP contribution in [0.3, 0.4) is 0 Å². The molecule has 2 heterocycles. The SMILES string of the molecule is COC(=O)N(C)c1c(N)nc(-c2nn(Cc3ccccc3F)c3c2CCCC3)nc1N. The Morgan fingerprint density at radius 1 is 1.19 bits per heavy atom. The van der Waals surface area contributed by atoms with Crippen molar-refractivity contribution in [3.63, 3.8) is 0 Å². The third kappa shape index (κ3) is 3.76. The number of nitrogens with two attached hydrogens (primary N) is 2. The van der Waals surface area contributed by atoms with Gasteiger partial charge in [0.1, 0.15) is 17.2 Å². The Morgan fingerprint density at radius 3 is 2.55 bits per heavy atom. The molecule has 1 aromatic carbocycles. The Balaban J connectivity index is 1.77. The van der Waals surface area contributed by atoms with Crippen molar-refractivity contribution in [3.8, 4) is 11.5 Å². The molecule has 162 valence electrons. The van der Waals surface area contributed by atoms with Crippen LogP contribution in [0.2, 0.25) is 0 Å². The first kappa shape index (κ1) is 20.6. The van der Waals surface area contributed by atoms with Crippen LogP contribution in [-0.2, 0) is 24.1 Å². The first-order valence-corrected chi connectivity index (χ1v) is 9.97. The lowest BCUT2D eigenvalue weighted by Gasteiger charge is -2.19. The summed E-state index contributed by atoms with van der Waals surface area (Å²) in [4.78, 5) is 21.8. The zero-order chi connectivity index (χ0) is 22.1.